The number of amides is 1. The molecule has 0 aromatic heterocycles. The van der Waals surface area contributed by atoms with Crippen LogP contribution in [0.25, 0.3) is 0 Å². The van der Waals surface area contributed by atoms with Gasteiger partial charge in [0.1, 0.15) is 18.5 Å². The van der Waals surface area contributed by atoms with Gasteiger partial charge in [0, 0.05) is 65.8 Å². The number of aliphatic hydroxyl groups is 1. The maximum Gasteiger partial charge on any atom is 0.219 e. The Morgan fingerprint density at radius 1 is 1.06 bits per heavy atom. The summed E-state index contributed by atoms with van der Waals surface area (Å²) in [5.41, 5.74) is 0.592. The van der Waals surface area contributed by atoms with Crippen LogP contribution in [0, 0.1) is 11.3 Å². The maximum absolute atomic E-state index is 11.5. The summed E-state index contributed by atoms with van der Waals surface area (Å²) in [6.07, 6.45) is 0.916. The average Bonchev–Trinajstić information content (AvgIpc) is 2.83. The summed E-state index contributed by atoms with van der Waals surface area (Å²) in [4.78, 5) is 20.7. The fourth-order valence-electron chi connectivity index (χ4n) is 5.17. The molecule has 1 N–H and O–H groups in total. The van der Waals surface area contributed by atoms with Gasteiger partial charge in [0.25, 0.3) is 0 Å². The third-order valence-electron chi connectivity index (χ3n) is 6.89. The largest absolute Gasteiger partial charge is 0.491 e. The second-order valence-corrected chi connectivity index (χ2v) is 9.66. The quantitative estimate of drug-likeness (QED) is 0.548. The van der Waals surface area contributed by atoms with Crippen LogP contribution < -0.4 is 4.74 Å². The summed E-state index contributed by atoms with van der Waals surface area (Å²) in [7, 11) is 0. The van der Waals surface area contributed by atoms with E-state index < -0.39 is 6.10 Å². The van der Waals surface area contributed by atoms with E-state index in [0.29, 0.717) is 17.9 Å². The number of carbonyl (C=O) groups is 1. The summed E-state index contributed by atoms with van der Waals surface area (Å²) in [6.45, 7) is 11.8. The molecule has 3 heterocycles. The van der Waals surface area contributed by atoms with Crippen LogP contribution in [0.4, 0.5) is 0 Å². The first-order valence-corrected chi connectivity index (χ1v) is 12.4. The van der Waals surface area contributed by atoms with E-state index in [1.54, 1.807) is 31.2 Å². The molecule has 9 heteroatoms. The molecule has 1 amide bonds. The van der Waals surface area contributed by atoms with E-state index in [9.17, 15) is 9.90 Å². The van der Waals surface area contributed by atoms with Crippen molar-refractivity contribution in [2.45, 2.75) is 31.7 Å². The Hall–Kier alpha value is -2.22. The van der Waals surface area contributed by atoms with E-state index in [1.165, 1.54) is 0 Å². The van der Waals surface area contributed by atoms with Gasteiger partial charge in [-0.3, -0.25) is 19.5 Å². The van der Waals surface area contributed by atoms with Crippen LogP contribution in [0.2, 0.25) is 0 Å². The Labute approximate surface area is 202 Å². The molecule has 0 radical (unpaired) electrons. The summed E-state index contributed by atoms with van der Waals surface area (Å²) < 4.78 is 11.9. The molecule has 9 nitrogen and oxygen atoms in total. The highest BCUT2D eigenvalue weighted by Crippen LogP contribution is 2.20. The molecule has 3 saturated heterocycles. The molecule has 0 spiro atoms. The van der Waals surface area contributed by atoms with Gasteiger partial charge >= 0.3 is 0 Å². The number of β-amino-alcohol motifs (C(OH)–C–C–N with tert-alkyl or cyclic N) is 1. The summed E-state index contributed by atoms with van der Waals surface area (Å²) in [6, 6.07) is 9.02. The second-order valence-electron chi connectivity index (χ2n) is 9.66. The van der Waals surface area contributed by atoms with E-state index in [-0.39, 0.29) is 24.7 Å². The van der Waals surface area contributed by atoms with Crippen LogP contribution in [0.1, 0.15) is 18.9 Å². The van der Waals surface area contributed by atoms with Crippen LogP contribution >= 0.6 is 0 Å². The molecule has 34 heavy (non-hydrogen) atoms. The van der Waals surface area contributed by atoms with Gasteiger partial charge in [-0.15, -0.1) is 0 Å². The number of carbonyl (C=O) groups excluding carboxylic acids is 1. The highest BCUT2D eigenvalue weighted by molar-refractivity contribution is 5.73. The fourth-order valence-corrected chi connectivity index (χ4v) is 5.17. The normalized spacial score (nSPS) is 25.0. The van der Waals surface area contributed by atoms with Crippen molar-refractivity contribution in [1.29, 1.82) is 5.26 Å². The van der Waals surface area contributed by atoms with Gasteiger partial charge in [-0.05, 0) is 43.8 Å². The molecule has 4 rings (SSSR count). The lowest BCUT2D eigenvalue weighted by Gasteiger charge is -2.46. The molecule has 1 aromatic rings. The van der Waals surface area contributed by atoms with Crippen molar-refractivity contribution in [2.75, 3.05) is 78.6 Å². The zero-order chi connectivity index (χ0) is 23.9. The monoisotopic (exact) mass is 471 g/mol. The lowest BCUT2D eigenvalue weighted by Crippen LogP contribution is -2.60. The van der Waals surface area contributed by atoms with E-state index in [2.05, 4.69) is 20.8 Å². The third-order valence-corrected chi connectivity index (χ3v) is 6.89. The standard InChI is InChI=1S/C25H37N5O4/c1-20(31)30-11-9-27(10-12-30)7-2-8-28-15-24-17-29(18-25(16-28)34-24)14-22(32)19-33-23-5-3-21(13-26)4-6-23/h3-6,22,24-25,32H,2,7-12,14-19H2,1H3. The Kier molecular flexibility index (Phi) is 8.75. The van der Waals surface area contributed by atoms with E-state index >= 15 is 0 Å². The van der Waals surface area contributed by atoms with Crippen molar-refractivity contribution in [1.82, 2.24) is 19.6 Å². The van der Waals surface area contributed by atoms with E-state index in [1.807, 2.05) is 4.90 Å². The first kappa shape index (κ1) is 24.9. The minimum absolute atomic E-state index is 0.179. The Morgan fingerprint density at radius 3 is 2.29 bits per heavy atom. The highest BCUT2D eigenvalue weighted by atomic mass is 16.5. The van der Waals surface area contributed by atoms with Crippen molar-refractivity contribution in [3.8, 4) is 11.8 Å². The lowest BCUT2D eigenvalue weighted by molar-refractivity contribution is -0.143. The second kappa shape index (κ2) is 12.0. The van der Waals surface area contributed by atoms with Crippen molar-refractivity contribution >= 4 is 5.91 Å². The molecule has 1 aromatic carbocycles. The van der Waals surface area contributed by atoms with Crippen LogP contribution in [-0.2, 0) is 9.53 Å². The molecule has 3 fully saturated rings. The van der Waals surface area contributed by atoms with E-state index in [0.717, 1.165) is 71.9 Å². The Balaban J connectivity index is 1.12. The zero-order valence-corrected chi connectivity index (χ0v) is 20.1. The van der Waals surface area contributed by atoms with Crippen molar-refractivity contribution in [3.63, 3.8) is 0 Å². The number of nitrogens with zero attached hydrogens (tertiary/aromatic N) is 5. The Bertz CT molecular complexity index is 823. The number of hydrogen-bond acceptors (Lipinski definition) is 8. The van der Waals surface area contributed by atoms with Crippen molar-refractivity contribution in [3.05, 3.63) is 29.8 Å². The van der Waals surface area contributed by atoms with Gasteiger partial charge in [-0.2, -0.15) is 5.26 Å². The molecule has 3 aliphatic rings. The van der Waals surface area contributed by atoms with Gasteiger partial charge in [-0.25, -0.2) is 0 Å². The van der Waals surface area contributed by atoms with Gasteiger partial charge in [0.2, 0.25) is 5.91 Å². The number of ether oxygens (including phenoxy) is 2. The predicted molar refractivity (Wildman–Crippen MR) is 128 cm³/mol. The summed E-state index contributed by atoms with van der Waals surface area (Å²) in [5, 5.41) is 19.3. The molecule has 2 bridgehead atoms. The van der Waals surface area contributed by atoms with Gasteiger partial charge < -0.3 is 19.5 Å². The van der Waals surface area contributed by atoms with Gasteiger partial charge in [0.05, 0.1) is 23.8 Å². The minimum atomic E-state index is -0.575. The van der Waals surface area contributed by atoms with E-state index in [4.69, 9.17) is 14.7 Å². The molecule has 0 saturated carbocycles. The van der Waals surface area contributed by atoms with Gasteiger partial charge in [0.15, 0.2) is 0 Å². The minimum Gasteiger partial charge on any atom is -0.491 e. The smallest absolute Gasteiger partial charge is 0.219 e. The number of fused-ring (bicyclic) bond motifs is 2. The molecule has 186 valence electrons. The first-order chi connectivity index (χ1) is 16.5. The fraction of sp³-hybridized carbons (Fsp3) is 0.680. The first-order valence-electron chi connectivity index (χ1n) is 12.4. The molecule has 3 aliphatic heterocycles. The number of rotatable bonds is 9. The molecular weight excluding hydrogens is 434 g/mol. The molecule has 3 unspecified atom stereocenters. The maximum atomic E-state index is 11.5. The molecule has 0 aliphatic carbocycles. The number of hydrogen-bond donors (Lipinski definition) is 1. The third kappa shape index (κ3) is 7.14. The number of benzene rings is 1. The van der Waals surface area contributed by atoms with Crippen molar-refractivity contribution < 1.29 is 19.4 Å². The SMILES string of the molecule is CC(=O)N1CCN(CCCN2CC3CN(CC(O)COc4ccc(C#N)cc4)CC(C2)O3)CC1. The predicted octanol–water partition coefficient (Wildman–Crippen LogP) is 0.237. The number of nitriles is 1. The highest BCUT2D eigenvalue weighted by Gasteiger charge is 2.35. The van der Waals surface area contributed by atoms with Crippen LogP contribution in [0.3, 0.4) is 0 Å². The van der Waals surface area contributed by atoms with Crippen LogP contribution in [0.15, 0.2) is 24.3 Å². The lowest BCUT2D eigenvalue weighted by atomic mass is 10.1. The van der Waals surface area contributed by atoms with Crippen molar-refractivity contribution in [2.24, 2.45) is 0 Å². The van der Waals surface area contributed by atoms with Gasteiger partial charge in [-0.1, -0.05) is 0 Å². The van der Waals surface area contributed by atoms with Crippen LogP contribution in [0.5, 0.6) is 5.75 Å². The average molecular weight is 472 g/mol. The summed E-state index contributed by atoms with van der Waals surface area (Å²) >= 11 is 0. The van der Waals surface area contributed by atoms with Crippen LogP contribution in [-0.4, -0.2) is 128 Å². The molecular formula is C25H37N5O4. The number of aliphatic hydroxyl groups excluding tert-OH is 1. The Morgan fingerprint density at radius 2 is 1.68 bits per heavy atom. The topological polar surface area (TPSA) is 92.5 Å². The zero-order valence-electron chi connectivity index (χ0n) is 20.1. The number of morpholine rings is 2. The summed E-state index contributed by atoms with van der Waals surface area (Å²) in [5.74, 6) is 0.841. The molecule has 3 atom stereocenters. The number of piperazine rings is 1.